The number of methoxy groups -OCH3 is 2. The molecular formula is C19H18N2O5S. The zero-order valence-corrected chi connectivity index (χ0v) is 15.8. The van der Waals surface area contributed by atoms with Crippen LogP contribution in [0.3, 0.4) is 0 Å². The van der Waals surface area contributed by atoms with Crippen LogP contribution in [0.4, 0.5) is 0 Å². The molecule has 1 atom stereocenters. The smallest absolute Gasteiger partial charge is 0.326 e. The van der Waals surface area contributed by atoms with Crippen molar-refractivity contribution >= 4 is 33.4 Å². The summed E-state index contributed by atoms with van der Waals surface area (Å²) in [6.45, 7) is 1.55. The second kappa shape index (κ2) is 7.63. The summed E-state index contributed by atoms with van der Waals surface area (Å²) >= 11 is 1.25. The number of carbonyl (C=O) groups is 2. The summed E-state index contributed by atoms with van der Waals surface area (Å²) in [6, 6.07) is 11.4. The molecular weight excluding hydrogens is 368 g/mol. The summed E-state index contributed by atoms with van der Waals surface area (Å²) in [6.07, 6.45) is 0. The molecule has 1 unspecified atom stereocenters. The number of hydrogen-bond donors (Lipinski definition) is 1. The molecule has 3 aromatic rings. The van der Waals surface area contributed by atoms with E-state index in [2.05, 4.69) is 4.99 Å². The van der Waals surface area contributed by atoms with E-state index < -0.39 is 17.9 Å². The third-order valence-corrected chi connectivity index (χ3v) is 5.15. The topological polar surface area (TPSA) is 90.1 Å². The Morgan fingerprint density at radius 3 is 2.30 bits per heavy atom. The van der Waals surface area contributed by atoms with Crippen LogP contribution in [0.25, 0.3) is 10.2 Å². The average Bonchev–Trinajstić information content (AvgIpc) is 3.03. The van der Waals surface area contributed by atoms with Crippen molar-refractivity contribution in [2.45, 2.75) is 13.0 Å². The summed E-state index contributed by atoms with van der Waals surface area (Å²) in [7, 11) is 2.91. The zero-order chi connectivity index (χ0) is 19.6. The number of carboxylic acid groups (broad SMARTS) is 1. The van der Waals surface area contributed by atoms with Gasteiger partial charge in [0.1, 0.15) is 23.1 Å². The molecule has 1 aromatic heterocycles. The summed E-state index contributed by atoms with van der Waals surface area (Å²) in [4.78, 5) is 29.0. The maximum Gasteiger partial charge on any atom is 0.326 e. The van der Waals surface area contributed by atoms with Gasteiger partial charge in [0.2, 0.25) is 0 Å². The maximum absolute atomic E-state index is 12.9. The van der Waals surface area contributed by atoms with Crippen molar-refractivity contribution in [3.05, 3.63) is 52.8 Å². The summed E-state index contributed by atoms with van der Waals surface area (Å²) in [5, 5.41) is 9.47. The fourth-order valence-corrected chi connectivity index (χ4v) is 3.86. The number of nitrogens with zero attached hydrogens (tertiary/aromatic N) is 2. The first-order valence-electron chi connectivity index (χ1n) is 8.10. The van der Waals surface area contributed by atoms with Gasteiger partial charge in [-0.25, -0.2) is 4.79 Å². The van der Waals surface area contributed by atoms with Crippen LogP contribution in [0.15, 0.2) is 47.5 Å². The van der Waals surface area contributed by atoms with Crippen LogP contribution in [0.1, 0.15) is 23.3 Å². The van der Waals surface area contributed by atoms with E-state index in [-0.39, 0.29) is 5.56 Å². The van der Waals surface area contributed by atoms with Crippen LogP contribution in [0.2, 0.25) is 0 Å². The van der Waals surface area contributed by atoms with Crippen LogP contribution >= 0.6 is 11.3 Å². The summed E-state index contributed by atoms with van der Waals surface area (Å²) in [5.74, 6) is -0.909. The van der Waals surface area contributed by atoms with Crippen molar-refractivity contribution in [2.75, 3.05) is 14.2 Å². The highest BCUT2D eigenvalue weighted by Gasteiger charge is 2.21. The molecule has 2 aromatic carbocycles. The van der Waals surface area contributed by atoms with Crippen molar-refractivity contribution in [1.82, 2.24) is 4.57 Å². The van der Waals surface area contributed by atoms with Gasteiger partial charge < -0.3 is 19.1 Å². The molecule has 27 heavy (non-hydrogen) atoms. The number of amides is 1. The van der Waals surface area contributed by atoms with Gasteiger partial charge >= 0.3 is 5.97 Å². The number of carboxylic acids is 1. The van der Waals surface area contributed by atoms with Gasteiger partial charge in [0.25, 0.3) is 5.91 Å². The molecule has 0 spiro atoms. The molecule has 0 aliphatic rings. The first-order valence-corrected chi connectivity index (χ1v) is 8.92. The second-order valence-electron chi connectivity index (χ2n) is 5.69. The van der Waals surface area contributed by atoms with Gasteiger partial charge in [0, 0.05) is 0 Å². The van der Waals surface area contributed by atoms with E-state index in [4.69, 9.17) is 9.47 Å². The first-order chi connectivity index (χ1) is 13.0. The van der Waals surface area contributed by atoms with Gasteiger partial charge in [-0.1, -0.05) is 29.5 Å². The molecule has 1 amide bonds. The molecule has 7 nitrogen and oxygen atoms in total. The number of hydrogen-bond acceptors (Lipinski definition) is 5. The van der Waals surface area contributed by atoms with E-state index in [0.29, 0.717) is 21.8 Å². The summed E-state index contributed by atoms with van der Waals surface area (Å²) < 4.78 is 12.9. The van der Waals surface area contributed by atoms with E-state index in [1.165, 1.54) is 25.6 Å². The quantitative estimate of drug-likeness (QED) is 0.728. The number of aromatic nitrogens is 1. The number of fused-ring (bicyclic) bond motifs is 1. The lowest BCUT2D eigenvalue weighted by Gasteiger charge is -2.11. The molecule has 1 heterocycles. The lowest BCUT2D eigenvalue weighted by atomic mass is 10.1. The van der Waals surface area contributed by atoms with Crippen molar-refractivity contribution < 1.29 is 24.2 Å². The minimum absolute atomic E-state index is 0.189. The number of carbonyl (C=O) groups excluding carboxylic acids is 1. The van der Waals surface area contributed by atoms with Crippen LogP contribution in [0, 0.1) is 0 Å². The Labute approximate surface area is 159 Å². The van der Waals surface area contributed by atoms with E-state index in [9.17, 15) is 14.7 Å². The standard InChI is InChI=1S/C19H18N2O5S/c1-11(18(23)24)21-12-7-4-5-10-15(12)27-19(21)20-17(22)16-13(25-2)8-6-9-14(16)26-3/h4-11H,1-3H3,(H,23,24)/b20-19-. The molecule has 0 aliphatic heterocycles. The summed E-state index contributed by atoms with van der Waals surface area (Å²) in [5.41, 5.74) is 0.894. The largest absolute Gasteiger partial charge is 0.496 e. The molecule has 0 saturated carbocycles. The highest BCUT2D eigenvalue weighted by molar-refractivity contribution is 7.16. The van der Waals surface area contributed by atoms with Gasteiger partial charge in [-0.05, 0) is 31.2 Å². The molecule has 0 aliphatic carbocycles. The minimum atomic E-state index is -1.01. The molecule has 0 saturated heterocycles. The van der Waals surface area contributed by atoms with E-state index >= 15 is 0 Å². The average molecular weight is 386 g/mol. The highest BCUT2D eigenvalue weighted by Crippen LogP contribution is 2.29. The van der Waals surface area contributed by atoms with Crippen molar-refractivity contribution in [2.24, 2.45) is 4.99 Å². The minimum Gasteiger partial charge on any atom is -0.496 e. The second-order valence-corrected chi connectivity index (χ2v) is 6.70. The Bertz CT molecular complexity index is 1060. The van der Waals surface area contributed by atoms with E-state index in [1.807, 2.05) is 18.2 Å². The van der Waals surface area contributed by atoms with Gasteiger partial charge in [0.15, 0.2) is 4.80 Å². The van der Waals surface area contributed by atoms with Crippen molar-refractivity contribution in [1.29, 1.82) is 0 Å². The van der Waals surface area contributed by atoms with Gasteiger partial charge in [-0.15, -0.1) is 0 Å². The van der Waals surface area contributed by atoms with Crippen molar-refractivity contribution in [3.63, 3.8) is 0 Å². The lowest BCUT2D eigenvalue weighted by Crippen LogP contribution is -2.25. The fourth-order valence-electron chi connectivity index (χ4n) is 2.76. The number of benzene rings is 2. The predicted octanol–water partition coefficient (Wildman–Crippen LogP) is 3.11. The highest BCUT2D eigenvalue weighted by atomic mass is 32.1. The van der Waals surface area contributed by atoms with Crippen LogP contribution < -0.4 is 14.3 Å². The molecule has 1 N–H and O–H groups in total. The molecule has 0 fully saturated rings. The number of ether oxygens (including phenoxy) is 2. The molecule has 0 bridgehead atoms. The fraction of sp³-hybridized carbons (Fsp3) is 0.211. The van der Waals surface area contributed by atoms with Crippen LogP contribution in [-0.2, 0) is 4.79 Å². The molecule has 140 valence electrons. The first kappa shape index (κ1) is 18.7. The Kier molecular flexibility index (Phi) is 5.27. The van der Waals surface area contributed by atoms with Gasteiger partial charge in [0.05, 0.1) is 24.4 Å². The Balaban J connectivity index is 2.24. The van der Waals surface area contributed by atoms with E-state index in [1.54, 1.807) is 35.8 Å². The normalized spacial score (nSPS) is 12.8. The third-order valence-electron chi connectivity index (χ3n) is 4.12. The maximum atomic E-state index is 12.9. The third kappa shape index (κ3) is 3.43. The number of thiazole rings is 1. The zero-order valence-electron chi connectivity index (χ0n) is 15.0. The number of rotatable bonds is 5. The van der Waals surface area contributed by atoms with Crippen LogP contribution in [0.5, 0.6) is 11.5 Å². The van der Waals surface area contributed by atoms with Crippen LogP contribution in [-0.4, -0.2) is 35.8 Å². The monoisotopic (exact) mass is 386 g/mol. The lowest BCUT2D eigenvalue weighted by molar-refractivity contribution is -0.140. The van der Waals surface area contributed by atoms with Crippen molar-refractivity contribution in [3.8, 4) is 11.5 Å². The van der Waals surface area contributed by atoms with E-state index in [0.717, 1.165) is 4.70 Å². The molecule has 8 heteroatoms. The number of aliphatic carboxylic acids is 1. The number of para-hydroxylation sites is 1. The SMILES string of the molecule is COc1cccc(OC)c1C(=O)/N=c1\sc2ccccc2n1C(C)C(=O)O. The molecule has 3 rings (SSSR count). The predicted molar refractivity (Wildman–Crippen MR) is 102 cm³/mol. The van der Waals surface area contributed by atoms with Gasteiger partial charge in [-0.2, -0.15) is 4.99 Å². The Morgan fingerprint density at radius 1 is 1.07 bits per heavy atom. The van der Waals surface area contributed by atoms with Gasteiger partial charge in [-0.3, -0.25) is 4.79 Å². The Morgan fingerprint density at radius 2 is 1.70 bits per heavy atom. The Hall–Kier alpha value is -3.13. The molecule has 0 radical (unpaired) electrons.